The Kier molecular flexibility index (Phi) is 3.48. The van der Waals surface area contributed by atoms with Crippen LogP contribution in [-0.2, 0) is 14.9 Å². The molecule has 0 spiro atoms. The van der Waals surface area contributed by atoms with Crippen molar-refractivity contribution in [3.05, 3.63) is 24.0 Å². The number of hydrogen-bond acceptors (Lipinski definition) is 5. The highest BCUT2D eigenvalue weighted by atomic mass is 32.2. The molecule has 0 saturated carbocycles. The standard InChI is InChI=1S/C13H15FN2O4S/c1-9-6-11(15-20-9)8-21(17,18)16-4-5-19-13-7-10(14)2-3-12(13)16/h2-3,7,9H,4-6,8H2,1H3. The molecule has 8 heteroatoms. The molecule has 0 fully saturated rings. The average molecular weight is 314 g/mol. The Morgan fingerprint density at radius 1 is 1.48 bits per heavy atom. The number of oxime groups is 1. The molecule has 0 aromatic heterocycles. The van der Waals surface area contributed by atoms with Gasteiger partial charge in [0.25, 0.3) is 0 Å². The molecule has 1 aromatic carbocycles. The van der Waals surface area contributed by atoms with E-state index < -0.39 is 15.8 Å². The number of nitrogens with zero attached hydrogens (tertiary/aromatic N) is 2. The van der Waals surface area contributed by atoms with E-state index in [0.29, 0.717) is 17.8 Å². The molecule has 0 saturated heterocycles. The minimum absolute atomic E-state index is 0.0960. The molecule has 0 N–H and O–H groups in total. The zero-order chi connectivity index (χ0) is 15.0. The van der Waals surface area contributed by atoms with Crippen LogP contribution in [0.1, 0.15) is 13.3 Å². The van der Waals surface area contributed by atoms with Gasteiger partial charge in [0.1, 0.15) is 30.0 Å². The topological polar surface area (TPSA) is 68.2 Å². The molecule has 21 heavy (non-hydrogen) atoms. The first-order valence-corrected chi connectivity index (χ1v) is 8.21. The van der Waals surface area contributed by atoms with E-state index >= 15 is 0 Å². The summed E-state index contributed by atoms with van der Waals surface area (Å²) in [5.41, 5.74) is 0.855. The van der Waals surface area contributed by atoms with Gasteiger partial charge in [0.15, 0.2) is 0 Å². The third kappa shape index (κ3) is 2.80. The second-order valence-corrected chi connectivity index (χ2v) is 6.96. The molecule has 6 nitrogen and oxygen atoms in total. The maximum atomic E-state index is 13.2. The molecule has 3 rings (SSSR count). The number of anilines is 1. The van der Waals surface area contributed by atoms with Crippen molar-refractivity contribution in [2.45, 2.75) is 19.4 Å². The number of sulfonamides is 1. The lowest BCUT2D eigenvalue weighted by Crippen LogP contribution is -2.40. The van der Waals surface area contributed by atoms with E-state index in [4.69, 9.17) is 9.57 Å². The minimum Gasteiger partial charge on any atom is -0.489 e. The first-order chi connectivity index (χ1) is 9.95. The number of benzene rings is 1. The van der Waals surface area contributed by atoms with Gasteiger partial charge < -0.3 is 9.57 Å². The lowest BCUT2D eigenvalue weighted by molar-refractivity contribution is 0.0995. The highest BCUT2D eigenvalue weighted by molar-refractivity contribution is 7.93. The maximum absolute atomic E-state index is 13.2. The Balaban J connectivity index is 1.87. The van der Waals surface area contributed by atoms with E-state index in [-0.39, 0.29) is 30.8 Å². The highest BCUT2D eigenvalue weighted by Crippen LogP contribution is 2.34. The Hall–Kier alpha value is -1.83. The molecule has 0 aliphatic carbocycles. The normalized spacial score (nSPS) is 21.3. The highest BCUT2D eigenvalue weighted by Gasteiger charge is 2.31. The average Bonchev–Trinajstić information content (AvgIpc) is 2.82. The predicted octanol–water partition coefficient (Wildman–Crippen LogP) is 1.52. The quantitative estimate of drug-likeness (QED) is 0.848. The van der Waals surface area contributed by atoms with Crippen molar-refractivity contribution < 1.29 is 22.4 Å². The molecule has 2 aliphatic heterocycles. The van der Waals surface area contributed by atoms with Crippen LogP contribution >= 0.6 is 0 Å². The maximum Gasteiger partial charge on any atom is 0.240 e. The first-order valence-electron chi connectivity index (χ1n) is 6.60. The van der Waals surface area contributed by atoms with Crippen molar-refractivity contribution in [3.63, 3.8) is 0 Å². The SMILES string of the molecule is CC1CC(CS(=O)(=O)N2CCOc3cc(F)ccc32)=NO1. The van der Waals surface area contributed by atoms with E-state index in [9.17, 15) is 12.8 Å². The second-order valence-electron chi connectivity index (χ2n) is 5.07. The van der Waals surface area contributed by atoms with Crippen LogP contribution < -0.4 is 9.04 Å². The van der Waals surface area contributed by atoms with E-state index in [2.05, 4.69) is 5.16 Å². The molecular weight excluding hydrogens is 299 g/mol. The number of ether oxygens (including phenoxy) is 1. The van der Waals surface area contributed by atoms with E-state index in [0.717, 1.165) is 0 Å². The van der Waals surface area contributed by atoms with Crippen LogP contribution in [0.15, 0.2) is 23.4 Å². The molecule has 0 amide bonds. The van der Waals surface area contributed by atoms with Crippen LogP contribution in [0.3, 0.4) is 0 Å². The van der Waals surface area contributed by atoms with Gasteiger partial charge in [-0.25, -0.2) is 12.8 Å². The van der Waals surface area contributed by atoms with Gasteiger partial charge in [-0.05, 0) is 19.1 Å². The van der Waals surface area contributed by atoms with Crippen LogP contribution in [0.4, 0.5) is 10.1 Å². The van der Waals surface area contributed by atoms with Crippen molar-refractivity contribution in [1.82, 2.24) is 0 Å². The molecule has 2 aliphatic rings. The fourth-order valence-electron chi connectivity index (χ4n) is 2.40. The summed E-state index contributed by atoms with van der Waals surface area (Å²) in [6, 6.07) is 3.82. The Labute approximate surface area is 122 Å². The molecular formula is C13H15FN2O4S. The molecule has 0 bridgehead atoms. The van der Waals surface area contributed by atoms with Crippen molar-refractivity contribution in [2.24, 2.45) is 5.16 Å². The smallest absolute Gasteiger partial charge is 0.240 e. The van der Waals surface area contributed by atoms with Gasteiger partial charge in [-0.3, -0.25) is 4.31 Å². The van der Waals surface area contributed by atoms with Crippen LogP contribution in [0.2, 0.25) is 0 Å². The largest absolute Gasteiger partial charge is 0.489 e. The Morgan fingerprint density at radius 3 is 3.00 bits per heavy atom. The van der Waals surface area contributed by atoms with Gasteiger partial charge in [-0.2, -0.15) is 0 Å². The molecule has 1 unspecified atom stereocenters. The number of hydrogen-bond donors (Lipinski definition) is 0. The van der Waals surface area contributed by atoms with E-state index in [1.54, 1.807) is 0 Å². The van der Waals surface area contributed by atoms with Gasteiger partial charge >= 0.3 is 0 Å². The van der Waals surface area contributed by atoms with Crippen LogP contribution in [0.25, 0.3) is 0 Å². The van der Waals surface area contributed by atoms with Gasteiger partial charge in [-0.1, -0.05) is 5.16 Å². The second kappa shape index (κ2) is 5.18. The summed E-state index contributed by atoms with van der Waals surface area (Å²) in [6.45, 7) is 2.22. The summed E-state index contributed by atoms with van der Waals surface area (Å²) in [7, 11) is -3.60. The monoisotopic (exact) mass is 314 g/mol. The zero-order valence-corrected chi connectivity index (χ0v) is 12.3. The van der Waals surface area contributed by atoms with Gasteiger partial charge in [-0.15, -0.1) is 0 Å². The van der Waals surface area contributed by atoms with Gasteiger partial charge in [0.05, 0.1) is 17.9 Å². The first kappa shape index (κ1) is 14.1. The van der Waals surface area contributed by atoms with Crippen molar-refractivity contribution in [2.75, 3.05) is 23.2 Å². The summed E-state index contributed by atoms with van der Waals surface area (Å²) < 4.78 is 44.8. The fraction of sp³-hybridized carbons (Fsp3) is 0.462. The Morgan fingerprint density at radius 2 is 2.29 bits per heavy atom. The summed E-state index contributed by atoms with van der Waals surface area (Å²) in [4.78, 5) is 5.01. The summed E-state index contributed by atoms with van der Waals surface area (Å²) in [5.74, 6) is -0.424. The Bertz CT molecular complexity index is 689. The molecule has 1 atom stereocenters. The number of fused-ring (bicyclic) bond motifs is 1. The van der Waals surface area contributed by atoms with E-state index in [1.807, 2.05) is 6.92 Å². The van der Waals surface area contributed by atoms with Crippen molar-refractivity contribution in [1.29, 1.82) is 0 Å². The number of rotatable bonds is 3. The lowest BCUT2D eigenvalue weighted by Gasteiger charge is -2.30. The third-order valence-corrected chi connectivity index (χ3v) is 5.06. The van der Waals surface area contributed by atoms with Crippen molar-refractivity contribution in [3.8, 4) is 5.75 Å². The summed E-state index contributed by atoms with van der Waals surface area (Å²) in [5, 5.41) is 3.79. The fourth-order valence-corrected chi connectivity index (χ4v) is 3.95. The minimum atomic E-state index is -3.60. The van der Waals surface area contributed by atoms with Crippen LogP contribution in [-0.4, -0.2) is 39.1 Å². The third-order valence-electron chi connectivity index (χ3n) is 3.31. The lowest BCUT2D eigenvalue weighted by atomic mass is 10.2. The van der Waals surface area contributed by atoms with E-state index in [1.165, 1.54) is 22.5 Å². The molecule has 1 aromatic rings. The predicted molar refractivity (Wildman–Crippen MR) is 75.6 cm³/mol. The number of halogens is 1. The van der Waals surface area contributed by atoms with Crippen LogP contribution in [0.5, 0.6) is 5.75 Å². The summed E-state index contributed by atoms with van der Waals surface area (Å²) >= 11 is 0. The van der Waals surface area contributed by atoms with Crippen LogP contribution in [0, 0.1) is 5.82 Å². The van der Waals surface area contributed by atoms with Crippen molar-refractivity contribution >= 4 is 21.4 Å². The van der Waals surface area contributed by atoms with Gasteiger partial charge in [0, 0.05) is 12.5 Å². The molecule has 2 heterocycles. The molecule has 114 valence electrons. The molecule has 0 radical (unpaired) electrons. The summed E-state index contributed by atoms with van der Waals surface area (Å²) in [6.07, 6.45) is 0.404. The zero-order valence-electron chi connectivity index (χ0n) is 11.5. The van der Waals surface area contributed by atoms with Gasteiger partial charge in [0.2, 0.25) is 10.0 Å².